The molecule has 0 saturated heterocycles. The molecule has 0 aromatic heterocycles. The maximum absolute atomic E-state index is 13.0. The van der Waals surface area contributed by atoms with Crippen LogP contribution in [0.4, 0.5) is 4.39 Å². The molecule has 2 aromatic carbocycles. The molecular formula is C14H12ClFO. The molecule has 17 heavy (non-hydrogen) atoms. The van der Waals surface area contributed by atoms with Crippen molar-refractivity contribution in [2.75, 3.05) is 0 Å². The Morgan fingerprint density at radius 2 is 1.59 bits per heavy atom. The highest BCUT2D eigenvalue weighted by atomic mass is 35.5. The maximum Gasteiger partial charge on any atom is 0.142 e. The Kier molecular flexibility index (Phi) is 3.34. The average molecular weight is 251 g/mol. The van der Waals surface area contributed by atoms with Crippen molar-refractivity contribution in [3.8, 4) is 11.5 Å². The summed E-state index contributed by atoms with van der Waals surface area (Å²) in [7, 11) is 0. The van der Waals surface area contributed by atoms with E-state index < -0.39 is 5.82 Å². The second-order valence-electron chi connectivity index (χ2n) is 3.92. The first kappa shape index (κ1) is 11.9. The molecule has 2 aromatic rings. The normalized spacial score (nSPS) is 10.4. The molecule has 0 aliphatic rings. The van der Waals surface area contributed by atoms with Gasteiger partial charge in [0.25, 0.3) is 0 Å². The molecule has 0 heterocycles. The molecule has 2 rings (SSSR count). The zero-order valence-electron chi connectivity index (χ0n) is 9.63. The van der Waals surface area contributed by atoms with Gasteiger partial charge < -0.3 is 4.74 Å². The fourth-order valence-electron chi connectivity index (χ4n) is 1.45. The van der Waals surface area contributed by atoms with Crippen molar-refractivity contribution in [1.29, 1.82) is 0 Å². The lowest BCUT2D eigenvalue weighted by molar-refractivity contribution is 0.480. The van der Waals surface area contributed by atoms with E-state index in [1.54, 1.807) is 6.07 Å². The van der Waals surface area contributed by atoms with Crippen LogP contribution in [0, 0.1) is 19.7 Å². The van der Waals surface area contributed by atoms with Gasteiger partial charge in [-0.25, -0.2) is 4.39 Å². The van der Waals surface area contributed by atoms with Crippen LogP contribution in [-0.2, 0) is 0 Å². The van der Waals surface area contributed by atoms with E-state index in [-0.39, 0.29) is 5.02 Å². The smallest absolute Gasteiger partial charge is 0.142 e. The molecule has 0 saturated carbocycles. The van der Waals surface area contributed by atoms with E-state index in [1.807, 2.05) is 32.0 Å². The minimum atomic E-state index is -0.445. The summed E-state index contributed by atoms with van der Waals surface area (Å²) in [6.45, 7) is 4.05. The van der Waals surface area contributed by atoms with E-state index >= 15 is 0 Å². The first-order chi connectivity index (χ1) is 8.06. The maximum atomic E-state index is 13.0. The third-order valence-corrected chi connectivity index (χ3v) is 2.89. The number of rotatable bonds is 2. The summed E-state index contributed by atoms with van der Waals surface area (Å²) >= 11 is 5.68. The van der Waals surface area contributed by atoms with Gasteiger partial charge in [0.15, 0.2) is 0 Å². The molecular weight excluding hydrogens is 239 g/mol. The molecule has 0 N–H and O–H groups in total. The number of halogens is 2. The Bertz CT molecular complexity index is 502. The highest BCUT2D eigenvalue weighted by Gasteiger charge is 2.03. The van der Waals surface area contributed by atoms with Gasteiger partial charge in [0.2, 0.25) is 0 Å². The molecule has 0 amide bonds. The second kappa shape index (κ2) is 4.76. The molecule has 0 atom stereocenters. The van der Waals surface area contributed by atoms with Crippen molar-refractivity contribution in [3.05, 3.63) is 58.4 Å². The van der Waals surface area contributed by atoms with E-state index in [0.29, 0.717) is 5.75 Å². The fraction of sp³-hybridized carbons (Fsp3) is 0.143. The van der Waals surface area contributed by atoms with E-state index in [9.17, 15) is 4.39 Å². The van der Waals surface area contributed by atoms with Crippen LogP contribution in [0.5, 0.6) is 11.5 Å². The number of hydrogen-bond donors (Lipinski definition) is 0. The SMILES string of the molecule is Cc1ccc(Oc2ccc(F)c(Cl)c2)cc1C. The highest BCUT2D eigenvalue weighted by Crippen LogP contribution is 2.27. The highest BCUT2D eigenvalue weighted by molar-refractivity contribution is 6.30. The Morgan fingerprint density at radius 1 is 0.941 bits per heavy atom. The molecule has 0 fully saturated rings. The van der Waals surface area contributed by atoms with Crippen molar-refractivity contribution in [2.24, 2.45) is 0 Å². The summed E-state index contributed by atoms with van der Waals surface area (Å²) in [5.41, 5.74) is 2.35. The molecule has 0 unspecified atom stereocenters. The zero-order chi connectivity index (χ0) is 12.4. The molecule has 88 valence electrons. The third kappa shape index (κ3) is 2.77. The van der Waals surface area contributed by atoms with Crippen LogP contribution in [0.3, 0.4) is 0 Å². The summed E-state index contributed by atoms with van der Waals surface area (Å²) in [6.07, 6.45) is 0. The largest absolute Gasteiger partial charge is 0.457 e. The monoisotopic (exact) mass is 250 g/mol. The van der Waals surface area contributed by atoms with Crippen LogP contribution < -0.4 is 4.74 Å². The van der Waals surface area contributed by atoms with Gasteiger partial charge in [-0.15, -0.1) is 0 Å². The van der Waals surface area contributed by atoms with Crippen molar-refractivity contribution in [2.45, 2.75) is 13.8 Å². The molecule has 0 aliphatic heterocycles. The fourth-order valence-corrected chi connectivity index (χ4v) is 1.62. The third-order valence-electron chi connectivity index (χ3n) is 2.61. The van der Waals surface area contributed by atoms with Gasteiger partial charge in [0.1, 0.15) is 17.3 Å². The molecule has 3 heteroatoms. The van der Waals surface area contributed by atoms with Crippen molar-refractivity contribution in [3.63, 3.8) is 0 Å². The number of aryl methyl sites for hydroxylation is 2. The van der Waals surface area contributed by atoms with E-state index in [2.05, 4.69) is 0 Å². The number of hydrogen-bond acceptors (Lipinski definition) is 1. The Hall–Kier alpha value is -1.54. The van der Waals surface area contributed by atoms with Crippen molar-refractivity contribution >= 4 is 11.6 Å². The van der Waals surface area contributed by atoms with Crippen LogP contribution in [-0.4, -0.2) is 0 Å². The van der Waals surface area contributed by atoms with Gasteiger partial charge in [0.05, 0.1) is 5.02 Å². The lowest BCUT2D eigenvalue weighted by atomic mass is 10.1. The van der Waals surface area contributed by atoms with Gasteiger partial charge in [0, 0.05) is 6.07 Å². The van der Waals surface area contributed by atoms with Crippen LogP contribution in [0.1, 0.15) is 11.1 Å². The minimum absolute atomic E-state index is 0.0614. The van der Waals surface area contributed by atoms with E-state index in [1.165, 1.54) is 17.7 Å². The van der Waals surface area contributed by atoms with Gasteiger partial charge >= 0.3 is 0 Å². The standard InChI is InChI=1S/C14H12ClFO/c1-9-3-4-11(7-10(9)2)17-12-5-6-14(16)13(15)8-12/h3-8H,1-2H3. The summed E-state index contributed by atoms with van der Waals surface area (Å²) in [6, 6.07) is 10.1. The summed E-state index contributed by atoms with van der Waals surface area (Å²) < 4.78 is 18.6. The van der Waals surface area contributed by atoms with Gasteiger partial charge in [-0.3, -0.25) is 0 Å². The second-order valence-corrected chi connectivity index (χ2v) is 4.33. The lowest BCUT2D eigenvalue weighted by Crippen LogP contribution is -1.87. The Morgan fingerprint density at radius 3 is 2.24 bits per heavy atom. The first-order valence-electron chi connectivity index (χ1n) is 5.26. The zero-order valence-corrected chi connectivity index (χ0v) is 10.4. The first-order valence-corrected chi connectivity index (χ1v) is 5.64. The molecule has 0 bridgehead atoms. The van der Waals surface area contributed by atoms with Crippen molar-refractivity contribution < 1.29 is 9.13 Å². The predicted octanol–water partition coefficient (Wildman–Crippen LogP) is 4.89. The van der Waals surface area contributed by atoms with Gasteiger partial charge in [-0.2, -0.15) is 0 Å². The molecule has 0 aliphatic carbocycles. The van der Waals surface area contributed by atoms with Crippen LogP contribution in [0.2, 0.25) is 5.02 Å². The van der Waals surface area contributed by atoms with E-state index in [0.717, 1.165) is 11.3 Å². The van der Waals surface area contributed by atoms with Gasteiger partial charge in [-0.1, -0.05) is 17.7 Å². The Labute approximate surface area is 105 Å². The quantitative estimate of drug-likeness (QED) is 0.737. The number of ether oxygens (including phenoxy) is 1. The summed E-state index contributed by atoms with van der Waals surface area (Å²) in [4.78, 5) is 0. The molecule has 0 spiro atoms. The van der Waals surface area contributed by atoms with Crippen LogP contribution in [0.15, 0.2) is 36.4 Å². The topological polar surface area (TPSA) is 9.23 Å². The van der Waals surface area contributed by atoms with Crippen molar-refractivity contribution in [1.82, 2.24) is 0 Å². The van der Waals surface area contributed by atoms with Crippen LogP contribution >= 0.6 is 11.6 Å². The average Bonchev–Trinajstić information content (AvgIpc) is 2.29. The molecule has 0 radical (unpaired) electrons. The van der Waals surface area contributed by atoms with E-state index in [4.69, 9.17) is 16.3 Å². The summed E-state index contributed by atoms with van der Waals surface area (Å²) in [5.74, 6) is 0.800. The minimum Gasteiger partial charge on any atom is -0.457 e. The lowest BCUT2D eigenvalue weighted by Gasteiger charge is -2.08. The number of benzene rings is 2. The summed E-state index contributed by atoms with van der Waals surface area (Å²) in [5, 5.41) is 0.0614. The Balaban J connectivity index is 2.25. The van der Waals surface area contributed by atoms with Gasteiger partial charge in [-0.05, 0) is 49.2 Å². The van der Waals surface area contributed by atoms with Crippen LogP contribution in [0.25, 0.3) is 0 Å². The predicted molar refractivity (Wildman–Crippen MR) is 67.4 cm³/mol. The molecule has 1 nitrogen and oxygen atoms in total.